The van der Waals surface area contributed by atoms with Crippen LogP contribution in [0.1, 0.15) is 25.7 Å². The van der Waals surface area contributed by atoms with Crippen LogP contribution in [0.2, 0.25) is 0 Å². The zero-order valence-corrected chi connectivity index (χ0v) is 15.2. The predicted molar refractivity (Wildman–Crippen MR) is 104 cm³/mol. The van der Waals surface area contributed by atoms with Crippen LogP contribution in [0, 0.1) is 0 Å². The summed E-state index contributed by atoms with van der Waals surface area (Å²) in [5, 5.41) is 7.01. The van der Waals surface area contributed by atoms with E-state index in [9.17, 15) is 0 Å². The molecule has 0 aromatic heterocycles. The molecular weight excluding hydrogens is 304 g/mol. The molecule has 0 atom stereocenters. The van der Waals surface area contributed by atoms with Crippen molar-refractivity contribution in [2.75, 3.05) is 43.6 Å². The van der Waals surface area contributed by atoms with Gasteiger partial charge in [0.1, 0.15) is 0 Å². The highest BCUT2D eigenvalue weighted by atomic mass is 32.2. The number of rotatable bonds is 7. The quantitative estimate of drug-likeness (QED) is 0.457. The monoisotopic (exact) mass is 334 g/mol. The smallest absolute Gasteiger partial charge is 0.191 e. The van der Waals surface area contributed by atoms with Gasteiger partial charge in [-0.3, -0.25) is 4.99 Å². The van der Waals surface area contributed by atoms with Gasteiger partial charge in [0.15, 0.2) is 5.96 Å². The van der Waals surface area contributed by atoms with Crippen molar-refractivity contribution in [3.63, 3.8) is 0 Å². The molecule has 0 spiro atoms. The van der Waals surface area contributed by atoms with Crippen molar-refractivity contribution in [1.29, 1.82) is 0 Å². The predicted octanol–water partition coefficient (Wildman–Crippen LogP) is 2.96. The number of aliphatic imine (C=N–C) groups is 1. The molecule has 5 heteroatoms. The molecule has 1 aliphatic heterocycles. The first-order valence-electron chi connectivity index (χ1n) is 8.59. The Labute approximate surface area is 145 Å². The summed E-state index contributed by atoms with van der Waals surface area (Å²) in [5.41, 5.74) is 1.34. The maximum atomic E-state index is 4.35. The number of para-hydroxylation sites is 1. The van der Waals surface area contributed by atoms with Crippen LogP contribution in [0.4, 0.5) is 5.69 Å². The second kappa shape index (κ2) is 10.4. The van der Waals surface area contributed by atoms with Crippen molar-refractivity contribution >= 4 is 23.4 Å². The number of hydrogen-bond acceptors (Lipinski definition) is 3. The van der Waals surface area contributed by atoms with E-state index in [2.05, 4.69) is 57.1 Å². The fraction of sp³-hybridized carbons (Fsp3) is 0.611. The van der Waals surface area contributed by atoms with E-state index < -0.39 is 0 Å². The second-order valence-electron chi connectivity index (χ2n) is 5.94. The lowest BCUT2D eigenvalue weighted by Gasteiger charge is -2.34. The number of nitrogens with one attached hydrogen (secondary N) is 2. The highest BCUT2D eigenvalue weighted by Gasteiger charge is 2.19. The molecule has 23 heavy (non-hydrogen) atoms. The van der Waals surface area contributed by atoms with E-state index in [1.54, 1.807) is 0 Å². The number of thioether (sulfide) groups is 1. The SMILES string of the molecule is CN=C(NCCCCSC)NC1CCN(c2ccccc2)CC1. The Kier molecular flexibility index (Phi) is 8.15. The molecular formula is C18H30N4S. The van der Waals surface area contributed by atoms with Gasteiger partial charge in [-0.05, 0) is 49.8 Å². The molecule has 2 N–H and O–H groups in total. The van der Waals surface area contributed by atoms with Crippen LogP contribution in [-0.2, 0) is 0 Å². The summed E-state index contributed by atoms with van der Waals surface area (Å²) in [6.07, 6.45) is 6.94. The Morgan fingerprint density at radius 3 is 2.61 bits per heavy atom. The van der Waals surface area contributed by atoms with Crippen LogP contribution in [0.3, 0.4) is 0 Å². The number of piperidine rings is 1. The summed E-state index contributed by atoms with van der Waals surface area (Å²) in [6.45, 7) is 3.21. The molecule has 0 bridgehead atoms. The molecule has 2 rings (SSSR count). The number of nitrogens with zero attached hydrogens (tertiary/aromatic N) is 2. The molecule has 0 unspecified atom stereocenters. The Bertz CT molecular complexity index is 455. The first kappa shape index (κ1) is 18.0. The van der Waals surface area contributed by atoms with Gasteiger partial charge >= 0.3 is 0 Å². The number of unbranched alkanes of at least 4 members (excludes halogenated alkanes) is 1. The molecule has 1 saturated heterocycles. The van der Waals surface area contributed by atoms with Crippen LogP contribution in [0.15, 0.2) is 35.3 Å². The lowest BCUT2D eigenvalue weighted by molar-refractivity contribution is 0.461. The Hall–Kier alpha value is -1.36. The van der Waals surface area contributed by atoms with Gasteiger partial charge in [-0.2, -0.15) is 11.8 Å². The number of anilines is 1. The Morgan fingerprint density at radius 1 is 1.22 bits per heavy atom. The van der Waals surface area contributed by atoms with Gasteiger partial charge < -0.3 is 15.5 Å². The molecule has 1 heterocycles. The van der Waals surface area contributed by atoms with E-state index in [1.807, 2.05) is 18.8 Å². The maximum absolute atomic E-state index is 4.35. The topological polar surface area (TPSA) is 39.7 Å². The summed E-state index contributed by atoms with van der Waals surface area (Å²) in [6, 6.07) is 11.2. The highest BCUT2D eigenvalue weighted by Crippen LogP contribution is 2.19. The van der Waals surface area contributed by atoms with Crippen molar-refractivity contribution < 1.29 is 0 Å². The maximum Gasteiger partial charge on any atom is 0.191 e. The van der Waals surface area contributed by atoms with Crippen LogP contribution in [-0.4, -0.2) is 50.7 Å². The lowest BCUT2D eigenvalue weighted by atomic mass is 10.0. The van der Waals surface area contributed by atoms with Crippen molar-refractivity contribution in [1.82, 2.24) is 10.6 Å². The molecule has 128 valence electrons. The summed E-state index contributed by atoms with van der Waals surface area (Å²) in [7, 11) is 1.86. The van der Waals surface area contributed by atoms with Crippen LogP contribution < -0.4 is 15.5 Å². The highest BCUT2D eigenvalue weighted by molar-refractivity contribution is 7.98. The Morgan fingerprint density at radius 2 is 1.96 bits per heavy atom. The average molecular weight is 335 g/mol. The van der Waals surface area contributed by atoms with Gasteiger partial charge in [-0.25, -0.2) is 0 Å². The first-order valence-corrected chi connectivity index (χ1v) is 9.99. The van der Waals surface area contributed by atoms with E-state index in [1.165, 1.54) is 24.3 Å². The third-order valence-corrected chi connectivity index (χ3v) is 4.95. The van der Waals surface area contributed by atoms with Gasteiger partial charge in [0, 0.05) is 38.4 Å². The van der Waals surface area contributed by atoms with E-state index in [0.717, 1.165) is 38.4 Å². The van der Waals surface area contributed by atoms with Crippen molar-refractivity contribution in [3.05, 3.63) is 30.3 Å². The molecule has 0 radical (unpaired) electrons. The van der Waals surface area contributed by atoms with Gasteiger partial charge in [0.25, 0.3) is 0 Å². The van der Waals surface area contributed by atoms with Crippen LogP contribution in [0.25, 0.3) is 0 Å². The second-order valence-corrected chi connectivity index (χ2v) is 6.93. The third kappa shape index (κ3) is 6.34. The molecule has 1 fully saturated rings. The zero-order valence-electron chi connectivity index (χ0n) is 14.4. The van der Waals surface area contributed by atoms with Gasteiger partial charge in [0.05, 0.1) is 0 Å². The van der Waals surface area contributed by atoms with Crippen molar-refractivity contribution in [2.24, 2.45) is 4.99 Å². The Balaban J connectivity index is 1.68. The molecule has 1 aromatic carbocycles. The zero-order chi connectivity index (χ0) is 16.3. The third-order valence-electron chi connectivity index (χ3n) is 4.25. The van der Waals surface area contributed by atoms with E-state index in [-0.39, 0.29) is 0 Å². The number of benzene rings is 1. The molecule has 0 saturated carbocycles. The number of hydrogen-bond donors (Lipinski definition) is 2. The fourth-order valence-electron chi connectivity index (χ4n) is 2.89. The molecule has 1 aliphatic rings. The average Bonchev–Trinajstić information content (AvgIpc) is 2.62. The molecule has 0 amide bonds. The fourth-order valence-corrected chi connectivity index (χ4v) is 3.38. The largest absolute Gasteiger partial charge is 0.371 e. The van der Waals surface area contributed by atoms with E-state index in [4.69, 9.17) is 0 Å². The standard InChI is InChI=1S/C18H30N4S/c1-19-18(20-12-6-7-15-23-2)21-16-10-13-22(14-11-16)17-8-4-3-5-9-17/h3-5,8-9,16H,6-7,10-15H2,1-2H3,(H2,19,20,21). The first-order chi connectivity index (χ1) is 11.3. The van der Waals surface area contributed by atoms with Gasteiger partial charge in [-0.15, -0.1) is 0 Å². The van der Waals surface area contributed by atoms with E-state index in [0.29, 0.717) is 6.04 Å². The summed E-state index contributed by atoms with van der Waals surface area (Å²) >= 11 is 1.91. The van der Waals surface area contributed by atoms with Crippen LogP contribution in [0.5, 0.6) is 0 Å². The molecule has 4 nitrogen and oxygen atoms in total. The van der Waals surface area contributed by atoms with Crippen LogP contribution >= 0.6 is 11.8 Å². The minimum absolute atomic E-state index is 0.521. The summed E-state index contributed by atoms with van der Waals surface area (Å²) in [4.78, 5) is 6.82. The molecule has 1 aromatic rings. The summed E-state index contributed by atoms with van der Waals surface area (Å²) in [5.74, 6) is 2.19. The summed E-state index contributed by atoms with van der Waals surface area (Å²) < 4.78 is 0. The van der Waals surface area contributed by atoms with Crippen molar-refractivity contribution in [3.8, 4) is 0 Å². The minimum atomic E-state index is 0.521. The molecule has 0 aliphatic carbocycles. The van der Waals surface area contributed by atoms with Gasteiger partial charge in [-0.1, -0.05) is 18.2 Å². The van der Waals surface area contributed by atoms with Gasteiger partial charge in [0.2, 0.25) is 0 Å². The normalized spacial score (nSPS) is 16.4. The minimum Gasteiger partial charge on any atom is -0.371 e. The number of guanidine groups is 1. The van der Waals surface area contributed by atoms with E-state index >= 15 is 0 Å². The lowest BCUT2D eigenvalue weighted by Crippen LogP contribution is -2.48. The van der Waals surface area contributed by atoms with Crippen molar-refractivity contribution in [2.45, 2.75) is 31.7 Å².